The van der Waals surface area contributed by atoms with E-state index >= 15 is 0 Å². The summed E-state index contributed by atoms with van der Waals surface area (Å²) in [6.45, 7) is 8.12. The zero-order valence-corrected chi connectivity index (χ0v) is 8.97. The summed E-state index contributed by atoms with van der Waals surface area (Å²) >= 11 is -0.821. The van der Waals surface area contributed by atoms with Crippen molar-refractivity contribution in [3.63, 3.8) is 0 Å². The third-order valence-corrected chi connectivity index (χ3v) is 3.41. The van der Waals surface area contributed by atoms with E-state index in [9.17, 15) is 0 Å². The van der Waals surface area contributed by atoms with Gasteiger partial charge in [0.15, 0.2) is 0 Å². The average Bonchev–Trinajstić information content (AvgIpc) is 1.63. The van der Waals surface area contributed by atoms with Gasteiger partial charge in [0, 0.05) is 0 Å². The summed E-state index contributed by atoms with van der Waals surface area (Å²) in [4.78, 5) is 0. The Morgan fingerprint density at radius 3 is 1.44 bits per heavy atom. The van der Waals surface area contributed by atoms with Crippen molar-refractivity contribution in [3.8, 4) is 0 Å². The van der Waals surface area contributed by atoms with E-state index < -0.39 is 18.1 Å². The van der Waals surface area contributed by atoms with Crippen LogP contribution < -0.4 is 0 Å². The molecule has 0 N–H and O–H groups in total. The van der Waals surface area contributed by atoms with Crippen LogP contribution in [0.15, 0.2) is 0 Å². The number of hydrogen-bond donors (Lipinski definition) is 0. The molecule has 0 aliphatic heterocycles. The van der Waals surface area contributed by atoms with Gasteiger partial charge in [-0.15, -0.1) is 0 Å². The molecule has 0 aliphatic rings. The van der Waals surface area contributed by atoms with Crippen LogP contribution in [0.5, 0.6) is 0 Å². The van der Waals surface area contributed by atoms with Crippen LogP contribution in [0.2, 0.25) is 0 Å². The molecular formula is C6H14GaO2. The second kappa shape index (κ2) is 5.35. The van der Waals surface area contributed by atoms with Crippen molar-refractivity contribution in [2.75, 3.05) is 0 Å². The minimum atomic E-state index is -0.821. The van der Waals surface area contributed by atoms with Gasteiger partial charge in [-0.2, -0.15) is 0 Å². The molecule has 0 bridgehead atoms. The van der Waals surface area contributed by atoms with Crippen LogP contribution in [0.4, 0.5) is 0 Å². The zero-order chi connectivity index (χ0) is 7.28. The first-order valence-corrected chi connectivity index (χ1v) is 5.23. The van der Waals surface area contributed by atoms with E-state index in [1.54, 1.807) is 0 Å². The van der Waals surface area contributed by atoms with Gasteiger partial charge in [-0.05, 0) is 0 Å². The van der Waals surface area contributed by atoms with E-state index in [1.165, 1.54) is 0 Å². The number of hydrogen-bond acceptors (Lipinski definition) is 2. The Morgan fingerprint density at radius 2 is 1.22 bits per heavy atom. The van der Waals surface area contributed by atoms with Gasteiger partial charge >= 0.3 is 65.1 Å². The molecule has 0 aromatic carbocycles. The Labute approximate surface area is 65.5 Å². The van der Waals surface area contributed by atoms with Gasteiger partial charge in [0.25, 0.3) is 0 Å². The predicted molar refractivity (Wildman–Crippen MR) is 38.2 cm³/mol. The molecule has 0 rings (SSSR count). The summed E-state index contributed by atoms with van der Waals surface area (Å²) in [5, 5.41) is 0. The van der Waals surface area contributed by atoms with E-state index in [1.807, 2.05) is 27.7 Å². The quantitative estimate of drug-likeness (QED) is 0.620. The fraction of sp³-hybridized carbons (Fsp3) is 1.00. The third-order valence-electron chi connectivity index (χ3n) is 0.655. The van der Waals surface area contributed by atoms with E-state index in [4.69, 9.17) is 7.06 Å². The Morgan fingerprint density at radius 1 is 0.889 bits per heavy atom. The van der Waals surface area contributed by atoms with Crippen molar-refractivity contribution in [2.24, 2.45) is 0 Å². The van der Waals surface area contributed by atoms with Crippen LogP contribution in [0.1, 0.15) is 27.7 Å². The maximum atomic E-state index is 5.29. The van der Waals surface area contributed by atoms with Gasteiger partial charge in [0.1, 0.15) is 0 Å². The molecule has 0 aliphatic carbocycles. The Bertz CT molecular complexity index is 56.1. The minimum absolute atomic E-state index is 0.337. The molecule has 3 heteroatoms. The van der Waals surface area contributed by atoms with Crippen molar-refractivity contribution >= 4 is 18.1 Å². The summed E-state index contributed by atoms with van der Waals surface area (Å²) in [6, 6.07) is 0. The summed E-state index contributed by atoms with van der Waals surface area (Å²) < 4.78 is 10.6. The van der Waals surface area contributed by atoms with Crippen molar-refractivity contribution in [1.29, 1.82) is 0 Å². The first-order valence-electron chi connectivity index (χ1n) is 3.25. The van der Waals surface area contributed by atoms with Crippen molar-refractivity contribution in [2.45, 2.75) is 39.9 Å². The second-order valence-corrected chi connectivity index (χ2v) is 4.01. The molecule has 2 nitrogen and oxygen atoms in total. The molecule has 0 aromatic heterocycles. The standard InChI is InChI=1S/2C3H7O.Ga/c2*1-3(2)4;/h2*3H,1-2H3;/q2*-1;+2. The molecule has 0 spiro atoms. The fourth-order valence-electron chi connectivity index (χ4n) is 0.254. The van der Waals surface area contributed by atoms with Crippen LogP contribution in [-0.4, -0.2) is 30.3 Å². The average molecular weight is 188 g/mol. The molecule has 0 atom stereocenters. The van der Waals surface area contributed by atoms with Crippen LogP contribution in [-0.2, 0) is 7.06 Å². The second-order valence-electron chi connectivity index (χ2n) is 2.47. The fourth-order valence-corrected chi connectivity index (χ4v) is 1.32. The molecule has 1 radical (unpaired) electrons. The summed E-state index contributed by atoms with van der Waals surface area (Å²) in [5.74, 6) is 0. The molecule has 0 saturated heterocycles. The molecule has 0 amide bonds. The van der Waals surface area contributed by atoms with Crippen molar-refractivity contribution < 1.29 is 7.06 Å². The van der Waals surface area contributed by atoms with Crippen LogP contribution in [0.25, 0.3) is 0 Å². The molecule has 0 saturated carbocycles. The predicted octanol–water partition coefficient (Wildman–Crippen LogP) is 1.37. The van der Waals surface area contributed by atoms with Crippen molar-refractivity contribution in [3.05, 3.63) is 0 Å². The molecule has 0 fully saturated rings. The topological polar surface area (TPSA) is 18.5 Å². The monoisotopic (exact) mass is 187 g/mol. The van der Waals surface area contributed by atoms with Crippen molar-refractivity contribution in [1.82, 2.24) is 0 Å². The maximum absolute atomic E-state index is 5.29. The molecule has 0 unspecified atom stereocenters. The third kappa shape index (κ3) is 8.56. The van der Waals surface area contributed by atoms with Gasteiger partial charge in [0.2, 0.25) is 0 Å². The van der Waals surface area contributed by atoms with E-state index in [-0.39, 0.29) is 0 Å². The number of rotatable bonds is 4. The first-order chi connectivity index (χ1) is 4.13. The zero-order valence-electron chi connectivity index (χ0n) is 6.55. The Balaban J connectivity index is 2.91. The summed E-state index contributed by atoms with van der Waals surface area (Å²) in [7, 11) is 0. The molecule has 0 heterocycles. The van der Waals surface area contributed by atoms with E-state index in [0.29, 0.717) is 12.2 Å². The summed E-state index contributed by atoms with van der Waals surface area (Å²) in [5.41, 5.74) is 0. The molecule has 0 aromatic rings. The van der Waals surface area contributed by atoms with Crippen LogP contribution in [0, 0.1) is 0 Å². The normalized spacial score (nSPS) is 10.9. The first kappa shape index (κ1) is 9.56. The van der Waals surface area contributed by atoms with Gasteiger partial charge in [-0.25, -0.2) is 0 Å². The van der Waals surface area contributed by atoms with Gasteiger partial charge < -0.3 is 0 Å². The molecule has 53 valence electrons. The SMILES string of the molecule is CC(C)[O][Ga][O]C(C)C. The Kier molecular flexibility index (Phi) is 5.68. The summed E-state index contributed by atoms with van der Waals surface area (Å²) in [6.07, 6.45) is 0.674. The van der Waals surface area contributed by atoms with Gasteiger partial charge in [0.05, 0.1) is 0 Å². The molecular weight excluding hydrogens is 174 g/mol. The van der Waals surface area contributed by atoms with Gasteiger partial charge in [-0.1, -0.05) is 0 Å². The molecule has 9 heavy (non-hydrogen) atoms. The van der Waals surface area contributed by atoms with Crippen LogP contribution in [0.3, 0.4) is 0 Å². The Hall–Kier alpha value is 0.556. The van der Waals surface area contributed by atoms with E-state index in [2.05, 4.69) is 0 Å². The van der Waals surface area contributed by atoms with Crippen LogP contribution >= 0.6 is 0 Å². The van der Waals surface area contributed by atoms with E-state index in [0.717, 1.165) is 0 Å². The van der Waals surface area contributed by atoms with Gasteiger partial charge in [-0.3, -0.25) is 0 Å².